The molecule has 0 amide bonds. The third-order valence-electron chi connectivity index (χ3n) is 1.77. The van der Waals surface area contributed by atoms with Crippen molar-refractivity contribution >= 4 is 0 Å². The van der Waals surface area contributed by atoms with Crippen molar-refractivity contribution in [1.29, 1.82) is 0 Å². The van der Waals surface area contributed by atoms with Gasteiger partial charge in [-0.1, -0.05) is 0 Å². The summed E-state index contributed by atoms with van der Waals surface area (Å²) in [6.07, 6.45) is -3.60. The molecule has 0 saturated heterocycles. The molecule has 6 N–H and O–H groups in total. The van der Waals surface area contributed by atoms with Crippen LogP contribution in [0.4, 0.5) is 0 Å². The van der Waals surface area contributed by atoms with Gasteiger partial charge in [-0.25, -0.2) is 0 Å². The Morgan fingerprint density at radius 3 is 2.20 bits per heavy atom. The zero-order valence-corrected chi connectivity index (χ0v) is 8.83. The number of aliphatic hydroxyl groups excluding tert-OH is 5. The van der Waals surface area contributed by atoms with E-state index in [9.17, 15) is 15.3 Å². The lowest BCUT2D eigenvalue weighted by Crippen LogP contribution is -2.41. The highest BCUT2D eigenvalue weighted by Crippen LogP contribution is 2.07. The predicted octanol–water partition coefficient (Wildman–Crippen LogP) is -1.54. The van der Waals surface area contributed by atoms with Gasteiger partial charge in [0, 0.05) is 12.2 Å². The van der Waals surface area contributed by atoms with Gasteiger partial charge in [-0.2, -0.15) is 0 Å². The van der Waals surface area contributed by atoms with Crippen LogP contribution in [-0.4, -0.2) is 56.5 Å². The number of aliphatic hydroxyl groups is 5. The van der Waals surface area contributed by atoms with Gasteiger partial charge in [0.2, 0.25) is 0 Å². The van der Waals surface area contributed by atoms with Crippen LogP contribution in [0.2, 0.25) is 0 Å². The van der Waals surface area contributed by atoms with E-state index in [1.54, 1.807) is 0 Å². The molecule has 0 heterocycles. The molecule has 0 saturated carbocycles. The van der Waals surface area contributed by atoms with E-state index in [4.69, 9.17) is 10.2 Å². The minimum absolute atomic E-state index is 0.0688. The van der Waals surface area contributed by atoms with Crippen molar-refractivity contribution in [3.63, 3.8) is 0 Å². The number of hydrogen-bond acceptors (Lipinski definition) is 6. The molecule has 15 heavy (non-hydrogen) atoms. The first-order chi connectivity index (χ1) is 6.90. The predicted molar refractivity (Wildman–Crippen MR) is 54.1 cm³/mol. The standard InChI is InChI=1S/C9H19NO5/c1-5(2)10-3-6(12)8(14)9(15)7(13)4-11/h3,5,7-15H,4H2,1-2H3/b6-3-/t7-,8-,9-/m1/s1. The Balaban J connectivity index is 4.29. The van der Waals surface area contributed by atoms with Crippen LogP contribution < -0.4 is 5.32 Å². The second-order valence-electron chi connectivity index (χ2n) is 3.58. The van der Waals surface area contributed by atoms with Crippen molar-refractivity contribution in [2.45, 2.75) is 38.2 Å². The topological polar surface area (TPSA) is 113 Å². The first-order valence-corrected chi connectivity index (χ1v) is 4.70. The van der Waals surface area contributed by atoms with Gasteiger partial charge in [0.1, 0.15) is 24.1 Å². The normalized spacial score (nSPS) is 18.7. The number of hydrogen-bond donors (Lipinski definition) is 6. The second kappa shape index (κ2) is 6.62. The molecule has 3 atom stereocenters. The van der Waals surface area contributed by atoms with Crippen molar-refractivity contribution in [3.8, 4) is 0 Å². The van der Waals surface area contributed by atoms with E-state index in [0.717, 1.165) is 6.20 Å². The van der Waals surface area contributed by atoms with E-state index in [-0.39, 0.29) is 6.04 Å². The van der Waals surface area contributed by atoms with Crippen LogP contribution in [0.15, 0.2) is 12.0 Å². The summed E-state index contributed by atoms with van der Waals surface area (Å²) >= 11 is 0. The molecule has 0 rings (SSSR count). The summed E-state index contributed by atoms with van der Waals surface area (Å²) in [5.74, 6) is -0.497. The third kappa shape index (κ3) is 4.98. The fourth-order valence-electron chi connectivity index (χ4n) is 0.831. The van der Waals surface area contributed by atoms with E-state index >= 15 is 0 Å². The minimum atomic E-state index is -1.63. The van der Waals surface area contributed by atoms with Gasteiger partial charge in [-0.15, -0.1) is 0 Å². The fraction of sp³-hybridized carbons (Fsp3) is 0.778. The number of nitrogens with one attached hydrogen (secondary N) is 1. The maximum atomic E-state index is 9.32. The summed E-state index contributed by atoms with van der Waals surface area (Å²) in [7, 11) is 0. The highest BCUT2D eigenvalue weighted by Gasteiger charge is 2.26. The highest BCUT2D eigenvalue weighted by atomic mass is 16.4. The highest BCUT2D eigenvalue weighted by molar-refractivity contribution is 5.01. The molecule has 0 radical (unpaired) electrons. The molecule has 0 aliphatic carbocycles. The Kier molecular flexibility index (Phi) is 6.26. The zero-order chi connectivity index (χ0) is 12.0. The Labute approximate surface area is 88.5 Å². The molecule has 90 valence electrons. The van der Waals surface area contributed by atoms with E-state index < -0.39 is 30.7 Å². The van der Waals surface area contributed by atoms with Crippen LogP contribution in [0.5, 0.6) is 0 Å². The molecule has 0 aliphatic heterocycles. The monoisotopic (exact) mass is 221 g/mol. The third-order valence-corrected chi connectivity index (χ3v) is 1.77. The lowest BCUT2D eigenvalue weighted by atomic mass is 10.1. The van der Waals surface area contributed by atoms with Crippen molar-refractivity contribution in [2.75, 3.05) is 6.61 Å². The Morgan fingerprint density at radius 2 is 1.80 bits per heavy atom. The van der Waals surface area contributed by atoms with Gasteiger partial charge in [0.05, 0.1) is 6.61 Å². The van der Waals surface area contributed by atoms with Gasteiger partial charge < -0.3 is 30.8 Å². The molecule has 6 heteroatoms. The molecule has 0 unspecified atom stereocenters. The molecular weight excluding hydrogens is 202 g/mol. The summed E-state index contributed by atoms with van der Waals surface area (Å²) in [6.45, 7) is 2.97. The molecule has 0 aromatic rings. The lowest BCUT2D eigenvalue weighted by Gasteiger charge is -2.21. The molecular formula is C9H19NO5. The van der Waals surface area contributed by atoms with Crippen molar-refractivity contribution in [1.82, 2.24) is 5.32 Å². The summed E-state index contributed by atoms with van der Waals surface area (Å²) in [5, 5.41) is 48.1. The van der Waals surface area contributed by atoms with Gasteiger partial charge in [0.15, 0.2) is 0 Å². The van der Waals surface area contributed by atoms with Gasteiger partial charge >= 0.3 is 0 Å². The molecule has 0 aromatic carbocycles. The molecule has 0 aliphatic rings. The summed E-state index contributed by atoms with van der Waals surface area (Å²) in [4.78, 5) is 0. The molecule has 0 aromatic heterocycles. The largest absolute Gasteiger partial charge is 0.508 e. The Hall–Kier alpha value is -0.820. The zero-order valence-electron chi connectivity index (χ0n) is 8.83. The summed E-state index contributed by atoms with van der Waals surface area (Å²) in [5.41, 5.74) is 0. The Morgan fingerprint density at radius 1 is 1.27 bits per heavy atom. The average molecular weight is 221 g/mol. The quantitative estimate of drug-likeness (QED) is 0.303. The van der Waals surface area contributed by atoms with E-state index in [1.807, 2.05) is 13.8 Å². The smallest absolute Gasteiger partial charge is 0.141 e. The van der Waals surface area contributed by atoms with Crippen LogP contribution in [0.25, 0.3) is 0 Å². The molecule has 6 nitrogen and oxygen atoms in total. The first-order valence-electron chi connectivity index (χ1n) is 4.70. The summed E-state index contributed by atoms with van der Waals surface area (Å²) in [6, 6.07) is 0.0688. The first kappa shape index (κ1) is 14.2. The average Bonchev–Trinajstić information content (AvgIpc) is 2.22. The van der Waals surface area contributed by atoms with Gasteiger partial charge in [0.25, 0.3) is 0 Å². The van der Waals surface area contributed by atoms with Crippen LogP contribution in [0.3, 0.4) is 0 Å². The summed E-state index contributed by atoms with van der Waals surface area (Å²) < 4.78 is 0. The van der Waals surface area contributed by atoms with Gasteiger partial charge in [-0.3, -0.25) is 0 Å². The maximum absolute atomic E-state index is 9.32. The molecule has 0 fully saturated rings. The van der Waals surface area contributed by atoms with E-state index in [1.165, 1.54) is 0 Å². The molecule has 0 bridgehead atoms. The van der Waals surface area contributed by atoms with Gasteiger partial charge in [-0.05, 0) is 13.8 Å². The number of rotatable bonds is 6. The van der Waals surface area contributed by atoms with Crippen molar-refractivity contribution < 1.29 is 25.5 Å². The van der Waals surface area contributed by atoms with E-state index in [0.29, 0.717) is 0 Å². The van der Waals surface area contributed by atoms with E-state index in [2.05, 4.69) is 5.32 Å². The SMILES string of the molecule is CC(C)N/C=C(\O)[C@@H](O)[C@H](O)[C@H](O)CO. The fourth-order valence-corrected chi connectivity index (χ4v) is 0.831. The van der Waals surface area contributed by atoms with Crippen LogP contribution in [-0.2, 0) is 0 Å². The minimum Gasteiger partial charge on any atom is -0.508 e. The van der Waals surface area contributed by atoms with Crippen molar-refractivity contribution in [3.05, 3.63) is 12.0 Å². The van der Waals surface area contributed by atoms with Crippen LogP contribution in [0, 0.1) is 0 Å². The van der Waals surface area contributed by atoms with Crippen LogP contribution >= 0.6 is 0 Å². The van der Waals surface area contributed by atoms with Crippen molar-refractivity contribution in [2.24, 2.45) is 0 Å². The maximum Gasteiger partial charge on any atom is 0.141 e. The Bertz CT molecular complexity index is 207. The second-order valence-corrected chi connectivity index (χ2v) is 3.58. The molecule has 0 spiro atoms. The lowest BCUT2D eigenvalue weighted by molar-refractivity contribution is -0.0743. The van der Waals surface area contributed by atoms with Crippen LogP contribution in [0.1, 0.15) is 13.8 Å².